The molecule has 4 fully saturated rings. The number of ether oxygens (including phenoxy) is 1. The van der Waals surface area contributed by atoms with E-state index < -0.39 is 28.7 Å². The third-order valence-corrected chi connectivity index (χ3v) is 5.31. The van der Waals surface area contributed by atoms with Gasteiger partial charge in [-0.15, -0.1) is 4.28 Å². The second kappa shape index (κ2) is 6.59. The molecule has 4 unspecified atom stereocenters. The minimum absolute atomic E-state index is 0.216. The van der Waals surface area contributed by atoms with Crippen molar-refractivity contribution < 1.29 is 26.8 Å². The number of amides is 2. The normalized spacial score (nSPS) is 36.1. The summed E-state index contributed by atoms with van der Waals surface area (Å²) >= 11 is 0. The molecule has 0 spiro atoms. The summed E-state index contributed by atoms with van der Waals surface area (Å²) in [6, 6.07) is -0.783. The van der Waals surface area contributed by atoms with Crippen LogP contribution in [0.3, 0.4) is 0 Å². The maximum Gasteiger partial charge on any atom is 0.418 e. The Labute approximate surface area is 145 Å². The fraction of sp³-hybridized carbons (Fsp3) is 0.917. The van der Waals surface area contributed by atoms with Crippen molar-refractivity contribution in [2.24, 2.45) is 0 Å². The van der Waals surface area contributed by atoms with Crippen LogP contribution in [0.5, 0.6) is 0 Å². The van der Waals surface area contributed by atoms with E-state index in [2.05, 4.69) is 25.8 Å². The van der Waals surface area contributed by atoms with Crippen LogP contribution in [0.15, 0.2) is 0 Å². The average molecular weight is 378 g/mol. The number of nitrogens with zero attached hydrogens (tertiary/aromatic N) is 2. The van der Waals surface area contributed by atoms with Crippen molar-refractivity contribution >= 4 is 16.4 Å². The molecule has 25 heavy (non-hydrogen) atoms. The first-order valence-corrected chi connectivity index (χ1v) is 9.65. The highest BCUT2D eigenvalue weighted by Crippen LogP contribution is 2.32. The van der Waals surface area contributed by atoms with Gasteiger partial charge in [0.05, 0.1) is 12.1 Å². The van der Waals surface area contributed by atoms with Gasteiger partial charge in [0, 0.05) is 32.2 Å². The van der Waals surface area contributed by atoms with Crippen LogP contribution in [0, 0.1) is 0 Å². The number of nitrogens with one attached hydrogen (secondary N) is 4. The van der Waals surface area contributed by atoms with Gasteiger partial charge in [0.1, 0.15) is 12.5 Å². The van der Waals surface area contributed by atoms with Crippen molar-refractivity contribution in [1.82, 2.24) is 31.4 Å². The summed E-state index contributed by atoms with van der Waals surface area (Å²) in [4.78, 5) is 13.9. The molecule has 2 amide bonds. The topological polar surface area (TPSA) is 144 Å². The predicted molar refractivity (Wildman–Crippen MR) is 83.0 cm³/mol. The third-order valence-electron chi connectivity index (χ3n) is 4.96. The molecule has 4 saturated heterocycles. The highest BCUT2D eigenvalue weighted by molar-refractivity contribution is 7.80. The van der Waals surface area contributed by atoms with E-state index in [4.69, 9.17) is 9.29 Å². The summed E-state index contributed by atoms with van der Waals surface area (Å²) < 4.78 is 41.0. The van der Waals surface area contributed by atoms with E-state index in [0.717, 1.165) is 18.2 Å². The average Bonchev–Trinajstić information content (AvgIpc) is 3.05. The number of rotatable bonds is 6. The summed E-state index contributed by atoms with van der Waals surface area (Å²) in [7, 11) is -4.73. The summed E-state index contributed by atoms with van der Waals surface area (Å²) in [5.74, 6) is 0. The number of carbonyl (C=O) groups is 1. The van der Waals surface area contributed by atoms with E-state index in [-0.39, 0.29) is 12.3 Å². The zero-order valence-corrected chi connectivity index (χ0v) is 14.2. The largest absolute Gasteiger partial charge is 0.418 e. The van der Waals surface area contributed by atoms with E-state index in [9.17, 15) is 13.2 Å². The number of hydrazine groups is 1. The Hall–Kier alpha value is -1.06. The van der Waals surface area contributed by atoms with E-state index in [1.165, 1.54) is 4.90 Å². The number of fused-ring (bicyclic) bond motifs is 2. The van der Waals surface area contributed by atoms with Crippen molar-refractivity contribution in [3.05, 3.63) is 0 Å². The highest BCUT2D eigenvalue weighted by atomic mass is 32.3. The first kappa shape index (κ1) is 17.4. The molecule has 4 rings (SSSR count). The first-order valence-electron chi connectivity index (χ1n) is 8.28. The Bertz CT molecular complexity index is 630. The second-order valence-electron chi connectivity index (χ2n) is 6.66. The Balaban J connectivity index is 1.34. The number of hydrogen-bond acceptors (Lipinski definition) is 9. The summed E-state index contributed by atoms with van der Waals surface area (Å²) in [6.07, 6.45) is 0.571. The van der Waals surface area contributed by atoms with Gasteiger partial charge in [-0.25, -0.2) is 15.6 Å². The lowest BCUT2D eigenvalue weighted by Crippen LogP contribution is -2.57. The summed E-state index contributed by atoms with van der Waals surface area (Å²) in [5.41, 5.74) is 6.11. The molecule has 12 nitrogen and oxygen atoms in total. The molecule has 13 heteroatoms. The standard InChI is InChI=1S/C12H22N6O6S/c19-12-17-6-8(18(12)24-25(20,21)22)1-2-9(17)11-16-15-10(23-11)5-14-7-3-13-4-7/h7-11,13-16H,1-6H2,(H,20,21,22). The Morgan fingerprint density at radius 2 is 2.12 bits per heavy atom. The van der Waals surface area contributed by atoms with Crippen LogP contribution in [0.25, 0.3) is 0 Å². The summed E-state index contributed by atoms with van der Waals surface area (Å²) in [6.45, 7) is 2.85. The third kappa shape index (κ3) is 3.59. The van der Waals surface area contributed by atoms with Gasteiger partial charge in [0.15, 0.2) is 0 Å². The van der Waals surface area contributed by atoms with Gasteiger partial charge in [-0.2, -0.15) is 13.5 Å². The zero-order chi connectivity index (χ0) is 17.6. The minimum atomic E-state index is -4.73. The van der Waals surface area contributed by atoms with Crippen molar-refractivity contribution in [2.45, 2.75) is 43.4 Å². The van der Waals surface area contributed by atoms with E-state index >= 15 is 0 Å². The molecule has 0 aliphatic carbocycles. The van der Waals surface area contributed by atoms with Gasteiger partial charge < -0.3 is 20.3 Å². The number of carbonyl (C=O) groups excluding carboxylic acids is 1. The molecule has 0 aromatic heterocycles. The lowest BCUT2D eigenvalue weighted by Gasteiger charge is -2.33. The van der Waals surface area contributed by atoms with Crippen LogP contribution in [0.4, 0.5) is 4.79 Å². The SMILES string of the molecule is O=C1N2CC(CCC2C2NNC(CNC3CNC3)O2)N1OS(=O)(=O)O. The molecule has 142 valence electrons. The Morgan fingerprint density at radius 1 is 1.32 bits per heavy atom. The minimum Gasteiger partial charge on any atom is -0.339 e. The number of hydrogen-bond donors (Lipinski definition) is 5. The van der Waals surface area contributed by atoms with Gasteiger partial charge in [0.2, 0.25) is 0 Å². The Kier molecular flexibility index (Phi) is 4.57. The molecule has 4 aliphatic rings. The van der Waals surface area contributed by atoms with E-state index in [0.29, 0.717) is 32.0 Å². The highest BCUT2D eigenvalue weighted by Gasteiger charge is 2.50. The maximum atomic E-state index is 12.4. The molecule has 5 N–H and O–H groups in total. The van der Waals surface area contributed by atoms with Crippen LogP contribution < -0.4 is 21.5 Å². The monoisotopic (exact) mass is 378 g/mol. The van der Waals surface area contributed by atoms with Crippen LogP contribution >= 0.6 is 0 Å². The fourth-order valence-electron chi connectivity index (χ4n) is 3.59. The van der Waals surface area contributed by atoms with Gasteiger partial charge in [0.25, 0.3) is 0 Å². The van der Waals surface area contributed by atoms with E-state index in [1.807, 2.05) is 0 Å². The van der Waals surface area contributed by atoms with Gasteiger partial charge >= 0.3 is 16.4 Å². The van der Waals surface area contributed by atoms with E-state index in [1.54, 1.807) is 0 Å². The molecule has 4 aliphatic heterocycles. The van der Waals surface area contributed by atoms with Crippen molar-refractivity contribution in [3.63, 3.8) is 0 Å². The summed E-state index contributed by atoms with van der Waals surface area (Å²) in [5, 5.41) is 7.28. The maximum absolute atomic E-state index is 12.4. The van der Waals surface area contributed by atoms with Gasteiger partial charge in [-0.05, 0) is 12.8 Å². The lowest BCUT2D eigenvalue weighted by molar-refractivity contribution is -0.0332. The molecule has 0 saturated carbocycles. The fourth-order valence-corrected chi connectivity index (χ4v) is 3.98. The zero-order valence-electron chi connectivity index (χ0n) is 13.4. The van der Waals surface area contributed by atoms with Crippen LogP contribution in [-0.2, 0) is 19.4 Å². The van der Waals surface area contributed by atoms with Crippen LogP contribution in [-0.4, -0.2) is 85.7 Å². The van der Waals surface area contributed by atoms with Crippen molar-refractivity contribution in [3.8, 4) is 0 Å². The molecule has 0 aromatic rings. The van der Waals surface area contributed by atoms with Gasteiger partial charge in [-0.1, -0.05) is 0 Å². The molecule has 0 aromatic carbocycles. The van der Waals surface area contributed by atoms with Crippen molar-refractivity contribution in [2.75, 3.05) is 26.2 Å². The molecule has 4 atom stereocenters. The van der Waals surface area contributed by atoms with Crippen LogP contribution in [0.2, 0.25) is 0 Å². The molecule has 4 heterocycles. The molecule has 0 radical (unpaired) electrons. The molecule has 2 bridgehead atoms. The molecular formula is C12H22N6O6S. The quantitative estimate of drug-likeness (QED) is 0.310. The van der Waals surface area contributed by atoms with Gasteiger partial charge in [-0.3, -0.25) is 4.55 Å². The Morgan fingerprint density at radius 3 is 2.80 bits per heavy atom. The second-order valence-corrected chi connectivity index (χ2v) is 7.66. The van der Waals surface area contributed by atoms with Crippen LogP contribution in [0.1, 0.15) is 12.8 Å². The predicted octanol–water partition coefficient (Wildman–Crippen LogP) is -2.67. The van der Waals surface area contributed by atoms with Crippen molar-refractivity contribution in [1.29, 1.82) is 0 Å². The lowest BCUT2D eigenvalue weighted by atomic mass is 10.00. The first-order chi connectivity index (χ1) is 11.9. The number of hydroxylamine groups is 2. The number of piperidine rings is 1. The molecular weight excluding hydrogens is 356 g/mol. The number of urea groups is 1. The smallest absolute Gasteiger partial charge is 0.339 e.